The van der Waals surface area contributed by atoms with Gasteiger partial charge in [0.1, 0.15) is 5.00 Å². The van der Waals surface area contributed by atoms with Crippen LogP contribution in [0.4, 0.5) is 5.00 Å². The van der Waals surface area contributed by atoms with Crippen LogP contribution >= 0.6 is 11.3 Å². The fourth-order valence-electron chi connectivity index (χ4n) is 4.37. The van der Waals surface area contributed by atoms with Crippen LogP contribution in [0.2, 0.25) is 0 Å². The van der Waals surface area contributed by atoms with Gasteiger partial charge < -0.3 is 10.1 Å². The van der Waals surface area contributed by atoms with Crippen molar-refractivity contribution in [3.05, 3.63) is 87.8 Å². The van der Waals surface area contributed by atoms with Crippen LogP contribution in [0.1, 0.15) is 45.8 Å². The molecule has 1 N–H and O–H groups in total. The standard InChI is InChI=1S/C28H33N3O3S/c1-4-34-28(33)25-23-15-16-31(18-22-13-9-6-10-14-22)19-24(23)35-27(25)29-26(32)20(2)30(3)17-21-11-7-5-8-12-21/h5-14,20H,4,15-19H2,1-3H3,(H,29,32). The zero-order valence-electron chi connectivity index (χ0n) is 20.6. The number of thiophene rings is 1. The molecule has 7 heteroatoms. The molecule has 2 heterocycles. The largest absolute Gasteiger partial charge is 0.462 e. The minimum absolute atomic E-state index is 0.131. The van der Waals surface area contributed by atoms with E-state index in [2.05, 4.69) is 46.6 Å². The fraction of sp³-hybridized carbons (Fsp3) is 0.357. The lowest BCUT2D eigenvalue weighted by molar-refractivity contribution is -0.120. The van der Waals surface area contributed by atoms with Crippen LogP contribution in [-0.4, -0.2) is 47.9 Å². The van der Waals surface area contributed by atoms with Gasteiger partial charge in [-0.15, -0.1) is 11.3 Å². The highest BCUT2D eigenvalue weighted by atomic mass is 32.1. The maximum atomic E-state index is 13.2. The maximum absolute atomic E-state index is 13.2. The Labute approximate surface area is 211 Å². The van der Waals surface area contributed by atoms with E-state index in [0.29, 0.717) is 23.7 Å². The molecule has 0 radical (unpaired) electrons. The number of hydrogen-bond acceptors (Lipinski definition) is 6. The first kappa shape index (κ1) is 25.1. The fourth-order valence-corrected chi connectivity index (χ4v) is 5.65. The second-order valence-corrected chi connectivity index (χ2v) is 10.0. The van der Waals surface area contributed by atoms with Gasteiger partial charge in [-0.1, -0.05) is 60.7 Å². The van der Waals surface area contributed by atoms with Crippen molar-refractivity contribution in [3.8, 4) is 0 Å². The third-order valence-electron chi connectivity index (χ3n) is 6.42. The second-order valence-electron chi connectivity index (χ2n) is 8.94. The minimum atomic E-state index is -0.362. The highest BCUT2D eigenvalue weighted by molar-refractivity contribution is 7.17. The van der Waals surface area contributed by atoms with E-state index in [9.17, 15) is 9.59 Å². The molecule has 6 nitrogen and oxygen atoms in total. The van der Waals surface area contributed by atoms with Crippen molar-refractivity contribution >= 4 is 28.2 Å². The summed E-state index contributed by atoms with van der Waals surface area (Å²) in [5.74, 6) is -0.490. The van der Waals surface area contributed by atoms with E-state index in [-0.39, 0.29) is 17.9 Å². The number of likely N-dealkylation sites (N-methyl/N-ethyl adjacent to an activating group) is 1. The molecule has 1 aliphatic rings. The van der Waals surface area contributed by atoms with E-state index in [1.807, 2.05) is 43.1 Å². The van der Waals surface area contributed by atoms with Gasteiger partial charge in [0.15, 0.2) is 0 Å². The monoisotopic (exact) mass is 491 g/mol. The van der Waals surface area contributed by atoms with E-state index in [4.69, 9.17) is 4.74 Å². The van der Waals surface area contributed by atoms with E-state index in [1.165, 1.54) is 16.9 Å². The first-order valence-electron chi connectivity index (χ1n) is 12.1. The van der Waals surface area contributed by atoms with Crippen LogP contribution in [0.25, 0.3) is 0 Å². The van der Waals surface area contributed by atoms with Crippen molar-refractivity contribution in [2.45, 2.75) is 45.9 Å². The van der Waals surface area contributed by atoms with Gasteiger partial charge in [-0.3, -0.25) is 14.6 Å². The summed E-state index contributed by atoms with van der Waals surface area (Å²) in [5, 5.41) is 3.65. The summed E-state index contributed by atoms with van der Waals surface area (Å²) in [6.07, 6.45) is 0.756. The molecule has 1 unspecified atom stereocenters. The van der Waals surface area contributed by atoms with E-state index in [0.717, 1.165) is 42.1 Å². The van der Waals surface area contributed by atoms with Crippen LogP contribution in [0.15, 0.2) is 60.7 Å². The second kappa shape index (κ2) is 11.6. The molecule has 35 heavy (non-hydrogen) atoms. The van der Waals surface area contributed by atoms with E-state index in [1.54, 1.807) is 6.92 Å². The maximum Gasteiger partial charge on any atom is 0.341 e. The number of anilines is 1. The van der Waals surface area contributed by atoms with Gasteiger partial charge in [0.05, 0.1) is 18.2 Å². The highest BCUT2D eigenvalue weighted by Crippen LogP contribution is 2.38. The summed E-state index contributed by atoms with van der Waals surface area (Å²) in [6, 6.07) is 20.1. The molecular weight excluding hydrogens is 458 g/mol. The highest BCUT2D eigenvalue weighted by Gasteiger charge is 2.30. The van der Waals surface area contributed by atoms with Crippen LogP contribution in [0.3, 0.4) is 0 Å². The summed E-state index contributed by atoms with van der Waals surface area (Å²) < 4.78 is 5.38. The number of hydrogen-bond donors (Lipinski definition) is 1. The normalized spacial score (nSPS) is 14.4. The van der Waals surface area contributed by atoms with Gasteiger partial charge in [0.2, 0.25) is 5.91 Å². The Morgan fingerprint density at radius 1 is 1.09 bits per heavy atom. The predicted octanol–water partition coefficient (Wildman–Crippen LogP) is 4.94. The number of rotatable bonds is 9. The Morgan fingerprint density at radius 3 is 2.40 bits per heavy atom. The lowest BCUT2D eigenvalue weighted by Crippen LogP contribution is -2.39. The Morgan fingerprint density at radius 2 is 1.74 bits per heavy atom. The number of fused-ring (bicyclic) bond motifs is 1. The molecule has 0 aliphatic carbocycles. The molecule has 0 saturated heterocycles. The van der Waals surface area contributed by atoms with Crippen molar-refractivity contribution in [3.63, 3.8) is 0 Å². The van der Waals surface area contributed by atoms with Gasteiger partial charge >= 0.3 is 5.97 Å². The van der Waals surface area contributed by atoms with Crippen molar-refractivity contribution < 1.29 is 14.3 Å². The van der Waals surface area contributed by atoms with Crippen molar-refractivity contribution in [1.29, 1.82) is 0 Å². The number of nitrogens with zero attached hydrogens (tertiary/aromatic N) is 2. The van der Waals surface area contributed by atoms with Gasteiger partial charge in [0, 0.05) is 31.1 Å². The van der Waals surface area contributed by atoms with E-state index < -0.39 is 0 Å². The van der Waals surface area contributed by atoms with Gasteiger partial charge in [-0.05, 0) is 44.0 Å². The average molecular weight is 492 g/mol. The molecule has 0 saturated carbocycles. The lowest BCUT2D eigenvalue weighted by atomic mass is 10.0. The van der Waals surface area contributed by atoms with Gasteiger partial charge in [-0.25, -0.2) is 4.79 Å². The summed E-state index contributed by atoms with van der Waals surface area (Å²) >= 11 is 1.50. The van der Waals surface area contributed by atoms with Gasteiger partial charge in [-0.2, -0.15) is 0 Å². The topological polar surface area (TPSA) is 61.9 Å². The smallest absolute Gasteiger partial charge is 0.341 e. The Bertz CT molecular complexity index is 1150. The van der Waals surface area contributed by atoms with Crippen molar-refractivity contribution in [2.24, 2.45) is 0 Å². The third-order valence-corrected chi connectivity index (χ3v) is 7.55. The molecular formula is C28H33N3O3S. The Kier molecular flexibility index (Phi) is 8.33. The number of ether oxygens (including phenoxy) is 1. The number of benzene rings is 2. The summed E-state index contributed by atoms with van der Waals surface area (Å²) in [6.45, 7) is 7.11. The molecule has 0 fully saturated rings. The Hall–Kier alpha value is -3.00. The summed E-state index contributed by atoms with van der Waals surface area (Å²) in [5.41, 5.74) is 3.95. The number of carbonyl (C=O) groups excluding carboxylic acids is 2. The Balaban J connectivity index is 1.50. The molecule has 1 aliphatic heterocycles. The quantitative estimate of drug-likeness (QED) is 0.430. The lowest BCUT2D eigenvalue weighted by Gasteiger charge is -2.27. The number of carbonyl (C=O) groups is 2. The number of esters is 1. The van der Waals surface area contributed by atoms with Crippen LogP contribution in [-0.2, 0) is 35.6 Å². The third kappa shape index (κ3) is 6.17. The van der Waals surface area contributed by atoms with Gasteiger partial charge in [0.25, 0.3) is 0 Å². The zero-order chi connectivity index (χ0) is 24.8. The predicted molar refractivity (Wildman–Crippen MR) is 141 cm³/mol. The SMILES string of the molecule is CCOC(=O)c1c(NC(=O)C(C)N(C)Cc2ccccc2)sc2c1CCN(Cc1ccccc1)C2. The number of amides is 1. The van der Waals surface area contributed by atoms with Crippen LogP contribution in [0, 0.1) is 0 Å². The molecule has 1 amide bonds. The molecule has 184 valence electrons. The average Bonchev–Trinajstić information content (AvgIpc) is 3.22. The molecule has 0 spiro atoms. The molecule has 4 rings (SSSR count). The molecule has 0 bridgehead atoms. The summed E-state index contributed by atoms with van der Waals surface area (Å²) in [7, 11) is 1.93. The molecule has 2 aromatic carbocycles. The first-order valence-corrected chi connectivity index (χ1v) is 12.9. The minimum Gasteiger partial charge on any atom is -0.462 e. The van der Waals surface area contributed by atoms with Crippen molar-refractivity contribution in [2.75, 3.05) is 25.5 Å². The van der Waals surface area contributed by atoms with Crippen molar-refractivity contribution in [1.82, 2.24) is 9.80 Å². The van der Waals surface area contributed by atoms with Crippen LogP contribution in [0.5, 0.6) is 0 Å². The van der Waals surface area contributed by atoms with E-state index >= 15 is 0 Å². The molecule has 1 aromatic heterocycles. The zero-order valence-corrected chi connectivity index (χ0v) is 21.4. The summed E-state index contributed by atoms with van der Waals surface area (Å²) in [4.78, 5) is 31.6. The van der Waals surface area contributed by atoms with Crippen LogP contribution < -0.4 is 5.32 Å². The molecule has 3 aromatic rings. The first-order chi connectivity index (χ1) is 17.0. The molecule has 1 atom stereocenters. The number of nitrogens with one attached hydrogen (secondary N) is 1.